The fourth-order valence-electron chi connectivity index (χ4n) is 3.25. The molecule has 0 aliphatic carbocycles. The second-order valence-corrected chi connectivity index (χ2v) is 10.2. The van der Waals surface area contributed by atoms with Crippen LogP contribution in [0.4, 0.5) is 5.69 Å². The maximum absolute atomic E-state index is 13.8. The largest absolute Gasteiger partial charge is 0.351 e. The van der Waals surface area contributed by atoms with E-state index < -0.39 is 10.4 Å². The Kier molecular flexibility index (Phi) is 6.75. The molecule has 0 saturated carbocycles. The van der Waals surface area contributed by atoms with Gasteiger partial charge in [0.1, 0.15) is 15.7 Å². The molecule has 1 aromatic heterocycles. The van der Waals surface area contributed by atoms with Gasteiger partial charge < -0.3 is 0 Å². The Bertz CT molecular complexity index is 1070. The molecule has 154 valence electrons. The summed E-state index contributed by atoms with van der Waals surface area (Å²) in [6.07, 6.45) is 0.567. The molecule has 1 N–H and O–H groups in total. The van der Waals surface area contributed by atoms with Gasteiger partial charge in [-0.05, 0) is 42.2 Å². The normalized spacial score (nSPS) is 13.3. The molecule has 1 unspecified atom stereocenters. The van der Waals surface area contributed by atoms with Crippen molar-refractivity contribution < 1.29 is 8.76 Å². The summed E-state index contributed by atoms with van der Waals surface area (Å²) in [6, 6.07) is 12.9. The number of anilines is 1. The van der Waals surface area contributed by atoms with Gasteiger partial charge in [-0.2, -0.15) is 14.0 Å². The van der Waals surface area contributed by atoms with Crippen molar-refractivity contribution in [3.05, 3.63) is 73.9 Å². The Morgan fingerprint density at radius 2 is 1.76 bits per heavy atom. The molecule has 0 saturated heterocycles. The molecule has 1 atom stereocenters. The fraction of sp³-hybridized carbons (Fsp3) is 0.250. The number of rotatable bonds is 6. The second kappa shape index (κ2) is 8.78. The summed E-state index contributed by atoms with van der Waals surface area (Å²) in [6.45, 7) is 3.97. The monoisotopic (exact) mass is 516 g/mol. The van der Waals surface area contributed by atoms with Gasteiger partial charge in [0.25, 0.3) is 4.90 Å². The van der Waals surface area contributed by atoms with Gasteiger partial charge >= 0.3 is 10.4 Å². The van der Waals surface area contributed by atoms with Crippen molar-refractivity contribution in [2.24, 2.45) is 7.05 Å². The number of aryl methyl sites for hydroxylation is 2. The van der Waals surface area contributed by atoms with E-state index in [1.807, 2.05) is 44.2 Å². The highest BCUT2D eigenvalue weighted by Gasteiger charge is 2.45. The molecular weight excluding hydrogens is 497 g/mol. The molecule has 5 nitrogen and oxygen atoms in total. The molecule has 3 aromatic rings. The van der Waals surface area contributed by atoms with E-state index >= 15 is 0 Å². The lowest BCUT2D eigenvalue weighted by Gasteiger charge is -2.23. The van der Waals surface area contributed by atoms with Crippen molar-refractivity contribution in [1.29, 1.82) is 0 Å². The van der Waals surface area contributed by atoms with Crippen LogP contribution in [-0.2, 0) is 28.1 Å². The summed E-state index contributed by atoms with van der Waals surface area (Å²) in [5.74, 6) is 0. The maximum atomic E-state index is 13.8. The Labute approximate surface area is 190 Å². The number of aromatic nitrogens is 2. The van der Waals surface area contributed by atoms with Gasteiger partial charge in [-0.1, -0.05) is 69.5 Å². The zero-order valence-corrected chi connectivity index (χ0v) is 20.1. The first-order valence-electron chi connectivity index (χ1n) is 8.86. The van der Waals surface area contributed by atoms with Gasteiger partial charge in [0, 0.05) is 11.5 Å². The lowest BCUT2D eigenvalue weighted by molar-refractivity contribution is 0.492. The third-order valence-electron chi connectivity index (χ3n) is 4.69. The van der Waals surface area contributed by atoms with Crippen molar-refractivity contribution in [2.75, 3.05) is 10.8 Å². The minimum atomic E-state index is -3.79. The maximum Gasteiger partial charge on any atom is 0.351 e. The molecule has 0 spiro atoms. The van der Waals surface area contributed by atoms with Crippen LogP contribution < -0.4 is 4.31 Å². The second-order valence-electron chi connectivity index (χ2n) is 6.68. The Morgan fingerprint density at radius 1 is 1.17 bits per heavy atom. The van der Waals surface area contributed by atoms with Crippen LogP contribution >= 0.6 is 39.1 Å². The highest BCUT2D eigenvalue weighted by Crippen LogP contribution is 2.40. The molecule has 3 rings (SSSR count). The SMILES string of the molecule is Cc1nn(C)c(C)c1N(CCc1ccccc1)[S+](=O)(O)c1c(Cl)cc(Br)cc1Cl. The van der Waals surface area contributed by atoms with E-state index in [2.05, 4.69) is 21.0 Å². The quantitative estimate of drug-likeness (QED) is 0.402. The number of hydrogen-bond acceptors (Lipinski definition) is 2. The highest BCUT2D eigenvalue weighted by atomic mass is 79.9. The van der Waals surface area contributed by atoms with Crippen LogP contribution in [0.1, 0.15) is 17.0 Å². The minimum Gasteiger partial charge on any atom is -0.270 e. The van der Waals surface area contributed by atoms with Gasteiger partial charge in [0.2, 0.25) is 0 Å². The van der Waals surface area contributed by atoms with Gasteiger partial charge in [-0.3, -0.25) is 4.68 Å². The van der Waals surface area contributed by atoms with Crippen molar-refractivity contribution >= 4 is 55.2 Å². The fourth-order valence-corrected chi connectivity index (χ4v) is 6.76. The first-order valence-corrected chi connectivity index (χ1v) is 11.9. The molecule has 2 aromatic carbocycles. The van der Waals surface area contributed by atoms with Crippen LogP contribution in [0.2, 0.25) is 10.0 Å². The molecule has 0 aliphatic heterocycles. The van der Waals surface area contributed by atoms with E-state index in [9.17, 15) is 8.76 Å². The predicted octanol–water partition coefficient (Wildman–Crippen LogP) is 6.10. The van der Waals surface area contributed by atoms with Crippen molar-refractivity contribution in [3.8, 4) is 0 Å². The summed E-state index contributed by atoms with van der Waals surface area (Å²) < 4.78 is 29.0. The summed E-state index contributed by atoms with van der Waals surface area (Å²) in [7, 11) is -1.98. The van der Waals surface area contributed by atoms with Gasteiger partial charge in [0.05, 0.1) is 17.9 Å². The third kappa shape index (κ3) is 4.54. The summed E-state index contributed by atoms with van der Waals surface area (Å²) in [5.41, 5.74) is 3.09. The number of hydrogen-bond donors (Lipinski definition) is 1. The van der Waals surface area contributed by atoms with Crippen LogP contribution in [0.25, 0.3) is 0 Å². The molecule has 0 radical (unpaired) electrons. The first-order chi connectivity index (χ1) is 13.6. The molecule has 0 bridgehead atoms. The molecule has 9 heteroatoms. The van der Waals surface area contributed by atoms with Crippen molar-refractivity contribution in [1.82, 2.24) is 9.78 Å². The van der Waals surface area contributed by atoms with Gasteiger partial charge in [-0.25, -0.2) is 0 Å². The van der Waals surface area contributed by atoms with Crippen molar-refractivity contribution in [2.45, 2.75) is 25.2 Å². The molecule has 0 amide bonds. The summed E-state index contributed by atoms with van der Waals surface area (Å²) >= 11 is 16.0. The highest BCUT2D eigenvalue weighted by molar-refractivity contribution is 9.10. The molecular formula is C20H21BrCl2N3O2S+. The van der Waals surface area contributed by atoms with Crippen LogP contribution in [0.5, 0.6) is 0 Å². The zero-order valence-electron chi connectivity index (χ0n) is 16.2. The predicted molar refractivity (Wildman–Crippen MR) is 123 cm³/mol. The third-order valence-corrected chi connectivity index (χ3v) is 7.91. The van der Waals surface area contributed by atoms with Crippen LogP contribution in [0.3, 0.4) is 0 Å². The van der Waals surface area contributed by atoms with E-state index in [0.29, 0.717) is 22.3 Å². The molecule has 29 heavy (non-hydrogen) atoms. The van der Waals surface area contributed by atoms with E-state index in [1.165, 1.54) is 4.31 Å². The molecule has 0 fully saturated rings. The Morgan fingerprint density at radius 3 is 2.28 bits per heavy atom. The summed E-state index contributed by atoms with van der Waals surface area (Å²) in [5, 5.41) is 4.67. The molecule has 1 heterocycles. The van der Waals surface area contributed by atoms with Gasteiger partial charge in [0.15, 0.2) is 0 Å². The smallest absolute Gasteiger partial charge is 0.270 e. The Balaban J connectivity index is 2.12. The van der Waals surface area contributed by atoms with Crippen LogP contribution in [0, 0.1) is 13.8 Å². The Hall–Kier alpha value is -1.38. The topological polar surface area (TPSA) is 58.4 Å². The molecule has 0 aliphatic rings. The lowest BCUT2D eigenvalue weighted by Crippen LogP contribution is -2.39. The number of nitrogens with zero attached hydrogens (tertiary/aromatic N) is 3. The van der Waals surface area contributed by atoms with E-state index in [4.69, 9.17) is 23.2 Å². The summed E-state index contributed by atoms with van der Waals surface area (Å²) in [4.78, 5) is -0.000233. The van der Waals surface area contributed by atoms with Crippen LogP contribution in [0.15, 0.2) is 51.8 Å². The van der Waals surface area contributed by atoms with Crippen molar-refractivity contribution in [3.63, 3.8) is 0 Å². The average molecular weight is 518 g/mol. The lowest BCUT2D eigenvalue weighted by atomic mass is 10.1. The minimum absolute atomic E-state index is 0.000233. The standard InChI is InChI=1S/C20H20BrCl2N3O2S/c1-13-19(14(2)25(3)24-13)26(10-9-15-7-5-4-6-8-15)29(27,28)20-17(22)11-16(21)12-18(20)23/h4-8,11-12H,9-10H2,1-3H3/p+1. The van der Waals surface area contributed by atoms with Crippen LogP contribution in [-0.4, -0.2) is 20.9 Å². The van der Waals surface area contributed by atoms with E-state index in [0.717, 1.165) is 11.3 Å². The van der Waals surface area contributed by atoms with E-state index in [-0.39, 0.29) is 21.5 Å². The average Bonchev–Trinajstić information content (AvgIpc) is 2.87. The zero-order chi connectivity index (χ0) is 21.3. The van der Waals surface area contributed by atoms with Gasteiger partial charge in [-0.15, -0.1) is 0 Å². The number of benzene rings is 2. The van der Waals surface area contributed by atoms with E-state index in [1.54, 1.807) is 23.9 Å². The number of halogens is 3. The first kappa shape index (κ1) is 22.3.